The first-order valence-electron chi connectivity index (χ1n) is 4.79. The van der Waals surface area contributed by atoms with E-state index in [1.807, 2.05) is 41.3 Å². The molecule has 4 nitrogen and oxygen atoms in total. The monoisotopic (exact) mass is 235 g/mol. The van der Waals surface area contributed by atoms with Gasteiger partial charge in [0.05, 0.1) is 12.8 Å². The van der Waals surface area contributed by atoms with Gasteiger partial charge in [-0.05, 0) is 29.8 Å². The summed E-state index contributed by atoms with van der Waals surface area (Å²) in [6.07, 6.45) is 0. The Labute approximate surface area is 97.6 Å². The van der Waals surface area contributed by atoms with Crippen LogP contribution in [0.1, 0.15) is 0 Å². The third kappa shape index (κ3) is 1.81. The van der Waals surface area contributed by atoms with Crippen LogP contribution in [0.25, 0.3) is 11.3 Å². The summed E-state index contributed by atoms with van der Waals surface area (Å²) in [5.41, 5.74) is 2.21. The molecule has 0 saturated carbocycles. The highest BCUT2D eigenvalue weighted by molar-refractivity contribution is 7.07. The number of ether oxygens (including phenoxy) is 1. The highest BCUT2D eigenvalue weighted by Crippen LogP contribution is 2.21. The zero-order chi connectivity index (χ0) is 11.5. The first-order chi connectivity index (χ1) is 7.76. The molecule has 2 aromatic rings. The minimum absolute atomic E-state index is 0.797. The van der Waals surface area contributed by atoms with Crippen LogP contribution in [0.2, 0.25) is 0 Å². The molecule has 0 aliphatic rings. The average molecular weight is 235 g/mol. The highest BCUT2D eigenvalue weighted by Gasteiger charge is 2.04. The molecular weight excluding hydrogens is 222 g/mol. The summed E-state index contributed by atoms with van der Waals surface area (Å²) in [5, 5.41) is 5.74. The molecule has 1 heterocycles. The molecule has 84 valence electrons. The van der Waals surface area contributed by atoms with E-state index in [-0.39, 0.29) is 0 Å². The largest absolute Gasteiger partial charge is 0.497 e. The molecule has 2 rings (SSSR count). The van der Waals surface area contributed by atoms with Gasteiger partial charge in [0.25, 0.3) is 0 Å². The summed E-state index contributed by atoms with van der Waals surface area (Å²) >= 11 is 1.52. The van der Waals surface area contributed by atoms with Gasteiger partial charge in [-0.25, -0.2) is 0 Å². The van der Waals surface area contributed by atoms with Crippen molar-refractivity contribution >= 4 is 11.3 Å². The number of nitrogens with zero attached hydrogens (tertiary/aromatic N) is 2. The standard InChI is InChI=1S/C11H13N3OS/c1-14-10(7-16-11(14)13-12)8-3-5-9(15-2)6-4-8/h3-7H,12H2,1-2H3/b13-11+. The van der Waals surface area contributed by atoms with Gasteiger partial charge < -0.3 is 15.1 Å². The van der Waals surface area contributed by atoms with E-state index in [9.17, 15) is 0 Å². The van der Waals surface area contributed by atoms with E-state index < -0.39 is 0 Å². The van der Waals surface area contributed by atoms with E-state index in [1.54, 1.807) is 7.11 Å². The molecule has 16 heavy (non-hydrogen) atoms. The quantitative estimate of drug-likeness (QED) is 0.634. The van der Waals surface area contributed by atoms with Gasteiger partial charge in [0.2, 0.25) is 4.80 Å². The molecular formula is C11H13N3OS. The van der Waals surface area contributed by atoms with Crippen molar-refractivity contribution in [3.8, 4) is 17.0 Å². The fourth-order valence-electron chi connectivity index (χ4n) is 1.51. The van der Waals surface area contributed by atoms with Crippen LogP contribution in [0.5, 0.6) is 5.75 Å². The number of rotatable bonds is 2. The van der Waals surface area contributed by atoms with Crippen LogP contribution in [0.4, 0.5) is 0 Å². The maximum atomic E-state index is 5.28. The van der Waals surface area contributed by atoms with Gasteiger partial charge in [0.1, 0.15) is 5.75 Å². The zero-order valence-electron chi connectivity index (χ0n) is 9.18. The van der Waals surface area contributed by atoms with Gasteiger partial charge in [-0.2, -0.15) is 5.10 Å². The number of thiazole rings is 1. The van der Waals surface area contributed by atoms with Gasteiger partial charge >= 0.3 is 0 Å². The summed E-state index contributed by atoms with van der Waals surface area (Å²) in [7, 11) is 3.60. The normalized spacial score (nSPS) is 11.8. The number of methoxy groups -OCH3 is 1. The Kier molecular flexibility index (Phi) is 2.96. The van der Waals surface area contributed by atoms with Gasteiger partial charge in [0, 0.05) is 12.4 Å². The maximum absolute atomic E-state index is 5.28. The number of benzene rings is 1. The third-order valence-electron chi connectivity index (χ3n) is 2.42. The first kappa shape index (κ1) is 10.8. The van der Waals surface area contributed by atoms with Gasteiger partial charge in [-0.1, -0.05) is 0 Å². The molecule has 0 amide bonds. The van der Waals surface area contributed by atoms with E-state index in [0.29, 0.717) is 0 Å². The fraction of sp³-hybridized carbons (Fsp3) is 0.182. The van der Waals surface area contributed by atoms with Crippen LogP contribution in [0.15, 0.2) is 34.7 Å². The van der Waals surface area contributed by atoms with Crippen LogP contribution in [-0.4, -0.2) is 11.7 Å². The second kappa shape index (κ2) is 4.40. The Morgan fingerprint density at radius 3 is 2.50 bits per heavy atom. The molecule has 5 heteroatoms. The van der Waals surface area contributed by atoms with Crippen LogP contribution in [0, 0.1) is 0 Å². The second-order valence-corrected chi connectivity index (χ2v) is 4.16. The zero-order valence-corrected chi connectivity index (χ0v) is 9.99. The van der Waals surface area contributed by atoms with Gasteiger partial charge in [0.15, 0.2) is 0 Å². The topological polar surface area (TPSA) is 52.5 Å². The molecule has 0 aliphatic carbocycles. The SMILES string of the molecule is COc1ccc(-c2cs/c(=N/N)n2C)cc1. The van der Waals surface area contributed by atoms with Gasteiger partial charge in [-0.15, -0.1) is 11.3 Å². The lowest BCUT2D eigenvalue weighted by Crippen LogP contribution is -2.13. The molecule has 0 fully saturated rings. The van der Waals surface area contributed by atoms with E-state index >= 15 is 0 Å². The second-order valence-electron chi connectivity index (χ2n) is 3.32. The minimum Gasteiger partial charge on any atom is -0.497 e. The molecule has 0 atom stereocenters. The molecule has 0 saturated heterocycles. The van der Waals surface area contributed by atoms with E-state index in [1.165, 1.54) is 11.3 Å². The van der Waals surface area contributed by atoms with Crippen molar-refractivity contribution in [1.29, 1.82) is 0 Å². The summed E-state index contributed by atoms with van der Waals surface area (Å²) < 4.78 is 7.08. The van der Waals surface area contributed by atoms with Crippen LogP contribution in [0.3, 0.4) is 0 Å². The van der Waals surface area contributed by atoms with Crippen molar-refractivity contribution in [2.24, 2.45) is 18.0 Å². The third-order valence-corrected chi connectivity index (χ3v) is 3.35. The summed E-state index contributed by atoms with van der Waals surface area (Å²) in [6.45, 7) is 0. The highest BCUT2D eigenvalue weighted by atomic mass is 32.1. The average Bonchev–Trinajstić information content (AvgIpc) is 2.70. The van der Waals surface area contributed by atoms with Crippen molar-refractivity contribution in [2.75, 3.05) is 7.11 Å². The maximum Gasteiger partial charge on any atom is 0.207 e. The van der Waals surface area contributed by atoms with Crippen LogP contribution in [-0.2, 0) is 7.05 Å². The number of nitrogens with two attached hydrogens (primary N) is 1. The Morgan fingerprint density at radius 2 is 2.00 bits per heavy atom. The fourth-order valence-corrected chi connectivity index (χ4v) is 2.34. The van der Waals surface area contributed by atoms with Crippen LogP contribution < -0.4 is 15.4 Å². The molecule has 0 bridgehead atoms. The van der Waals surface area contributed by atoms with Crippen LogP contribution >= 0.6 is 11.3 Å². The number of aromatic nitrogens is 1. The Hall–Kier alpha value is -1.75. The lowest BCUT2D eigenvalue weighted by Gasteiger charge is -2.04. The van der Waals surface area contributed by atoms with E-state index in [2.05, 4.69) is 5.10 Å². The Morgan fingerprint density at radius 1 is 1.31 bits per heavy atom. The Bertz CT molecular complexity index is 539. The lowest BCUT2D eigenvalue weighted by atomic mass is 10.1. The van der Waals surface area contributed by atoms with Crippen molar-refractivity contribution in [2.45, 2.75) is 0 Å². The molecule has 0 unspecified atom stereocenters. The van der Waals surface area contributed by atoms with Crippen molar-refractivity contribution in [3.05, 3.63) is 34.4 Å². The van der Waals surface area contributed by atoms with Gasteiger partial charge in [-0.3, -0.25) is 0 Å². The number of hydrogen-bond acceptors (Lipinski definition) is 4. The summed E-state index contributed by atoms with van der Waals surface area (Å²) in [5.74, 6) is 6.13. The predicted molar refractivity (Wildman–Crippen MR) is 65.0 cm³/mol. The number of hydrogen-bond donors (Lipinski definition) is 1. The van der Waals surface area contributed by atoms with Crippen molar-refractivity contribution in [3.63, 3.8) is 0 Å². The molecule has 0 spiro atoms. The first-order valence-corrected chi connectivity index (χ1v) is 5.67. The summed E-state index contributed by atoms with van der Waals surface area (Å²) in [6, 6.07) is 7.90. The molecule has 1 aromatic carbocycles. The predicted octanol–water partition coefficient (Wildman–Crippen LogP) is 1.54. The molecule has 2 N–H and O–H groups in total. The lowest BCUT2D eigenvalue weighted by molar-refractivity contribution is 0.415. The van der Waals surface area contributed by atoms with E-state index in [4.69, 9.17) is 10.6 Å². The molecule has 0 aliphatic heterocycles. The summed E-state index contributed by atoms with van der Waals surface area (Å²) in [4.78, 5) is 0.797. The molecule has 0 radical (unpaired) electrons. The van der Waals surface area contributed by atoms with Crippen molar-refractivity contribution < 1.29 is 4.74 Å². The van der Waals surface area contributed by atoms with E-state index in [0.717, 1.165) is 21.8 Å². The minimum atomic E-state index is 0.797. The van der Waals surface area contributed by atoms with Crippen molar-refractivity contribution in [1.82, 2.24) is 4.57 Å². The molecule has 1 aromatic heterocycles. The Balaban J connectivity index is 2.46. The smallest absolute Gasteiger partial charge is 0.207 e.